The summed E-state index contributed by atoms with van der Waals surface area (Å²) in [6.07, 6.45) is 1.70. The van der Waals surface area contributed by atoms with Gasteiger partial charge in [0.1, 0.15) is 0 Å². The Morgan fingerprint density at radius 2 is 2.06 bits per heavy atom. The lowest BCUT2D eigenvalue weighted by atomic mass is 9.80. The molecule has 1 aromatic heterocycles. The zero-order chi connectivity index (χ0) is 12.5. The molecule has 0 atom stereocenters. The van der Waals surface area contributed by atoms with E-state index >= 15 is 0 Å². The van der Waals surface area contributed by atoms with Gasteiger partial charge in [-0.25, -0.2) is 0 Å². The molecular formula is C12H19N3O2. The Labute approximate surface area is 101 Å². The van der Waals surface area contributed by atoms with Gasteiger partial charge in [0.05, 0.1) is 5.69 Å². The van der Waals surface area contributed by atoms with Crippen LogP contribution in [0.25, 0.3) is 0 Å². The van der Waals surface area contributed by atoms with Crippen molar-refractivity contribution in [1.29, 1.82) is 0 Å². The minimum atomic E-state index is -0.307. The molecule has 0 unspecified atom stereocenters. The van der Waals surface area contributed by atoms with Crippen molar-refractivity contribution >= 4 is 11.8 Å². The normalized spacial score (nSPS) is 19.0. The first kappa shape index (κ1) is 12.1. The van der Waals surface area contributed by atoms with Gasteiger partial charge in [0.25, 0.3) is 0 Å². The highest BCUT2D eigenvalue weighted by Gasteiger charge is 2.35. The van der Waals surface area contributed by atoms with E-state index in [1.54, 1.807) is 0 Å². The maximum Gasteiger partial charge on any atom is 0.234 e. The second kappa shape index (κ2) is 4.49. The number of rotatable bonds is 2. The molecule has 1 aromatic rings. The first-order valence-corrected chi connectivity index (χ1v) is 5.98. The maximum atomic E-state index is 12.2. The molecule has 1 aliphatic heterocycles. The van der Waals surface area contributed by atoms with E-state index in [0.717, 1.165) is 37.2 Å². The lowest BCUT2D eigenvalue weighted by Gasteiger charge is -2.32. The van der Waals surface area contributed by atoms with Crippen LogP contribution in [0.2, 0.25) is 0 Å². The molecule has 0 aliphatic carbocycles. The molecule has 2 heterocycles. The molecule has 1 amide bonds. The Kier molecular flexibility index (Phi) is 3.19. The minimum absolute atomic E-state index is 0.0262. The van der Waals surface area contributed by atoms with Crippen molar-refractivity contribution in [2.45, 2.75) is 33.6 Å². The number of aromatic nitrogens is 1. The molecule has 17 heavy (non-hydrogen) atoms. The number of hydrogen-bond acceptors (Lipinski definition) is 4. The van der Waals surface area contributed by atoms with Crippen molar-refractivity contribution < 1.29 is 9.32 Å². The first-order valence-electron chi connectivity index (χ1n) is 5.98. The van der Waals surface area contributed by atoms with E-state index < -0.39 is 0 Å². The molecule has 2 rings (SSSR count). The van der Waals surface area contributed by atoms with E-state index in [1.165, 1.54) is 0 Å². The fourth-order valence-corrected chi connectivity index (χ4v) is 1.99. The molecule has 0 spiro atoms. The molecule has 0 saturated carbocycles. The molecule has 1 aliphatic rings. The summed E-state index contributed by atoms with van der Waals surface area (Å²) in [6, 6.07) is 0. The molecule has 5 nitrogen and oxygen atoms in total. The Balaban J connectivity index is 2.08. The van der Waals surface area contributed by atoms with Crippen molar-refractivity contribution in [2.75, 3.05) is 18.4 Å². The van der Waals surface area contributed by atoms with Gasteiger partial charge < -0.3 is 9.84 Å². The molecule has 1 saturated heterocycles. The van der Waals surface area contributed by atoms with Crippen molar-refractivity contribution in [3.63, 3.8) is 0 Å². The highest BCUT2D eigenvalue weighted by Crippen LogP contribution is 2.30. The fourth-order valence-electron chi connectivity index (χ4n) is 1.99. The van der Waals surface area contributed by atoms with Crippen LogP contribution < -0.4 is 10.6 Å². The van der Waals surface area contributed by atoms with E-state index in [4.69, 9.17) is 4.52 Å². The lowest BCUT2D eigenvalue weighted by Crippen LogP contribution is -2.42. The Morgan fingerprint density at radius 3 is 2.59 bits per heavy atom. The average Bonchev–Trinajstić information content (AvgIpc) is 2.62. The van der Waals surface area contributed by atoms with Crippen molar-refractivity contribution in [3.8, 4) is 0 Å². The van der Waals surface area contributed by atoms with Gasteiger partial charge in [0.2, 0.25) is 11.8 Å². The molecule has 5 heteroatoms. The van der Waals surface area contributed by atoms with Crippen molar-refractivity contribution in [1.82, 2.24) is 10.5 Å². The standard InChI is InChI=1S/C12H19N3O2/c1-8-9(2)15-17-10(8)14-11(16)12(3)4-6-13-7-5-12/h13H,4-7H2,1-3H3,(H,14,16). The van der Waals surface area contributed by atoms with Crippen LogP contribution in [0.15, 0.2) is 4.52 Å². The maximum absolute atomic E-state index is 12.2. The molecule has 2 N–H and O–H groups in total. The van der Waals surface area contributed by atoms with E-state index in [-0.39, 0.29) is 11.3 Å². The minimum Gasteiger partial charge on any atom is -0.338 e. The zero-order valence-corrected chi connectivity index (χ0v) is 10.6. The highest BCUT2D eigenvalue weighted by molar-refractivity contribution is 5.94. The predicted molar refractivity (Wildman–Crippen MR) is 64.8 cm³/mol. The smallest absolute Gasteiger partial charge is 0.234 e. The number of aryl methyl sites for hydroxylation is 1. The summed E-state index contributed by atoms with van der Waals surface area (Å²) in [7, 11) is 0. The van der Waals surface area contributed by atoms with E-state index in [1.807, 2.05) is 20.8 Å². The van der Waals surface area contributed by atoms with E-state index in [9.17, 15) is 4.79 Å². The summed E-state index contributed by atoms with van der Waals surface area (Å²) in [5.74, 6) is 0.505. The molecular weight excluding hydrogens is 218 g/mol. The van der Waals surface area contributed by atoms with Gasteiger partial charge >= 0.3 is 0 Å². The van der Waals surface area contributed by atoms with Crippen LogP contribution in [-0.2, 0) is 4.79 Å². The van der Waals surface area contributed by atoms with Gasteiger partial charge in [0.15, 0.2) is 0 Å². The van der Waals surface area contributed by atoms with E-state index in [0.29, 0.717) is 5.88 Å². The molecule has 94 valence electrons. The van der Waals surface area contributed by atoms with Crippen LogP contribution >= 0.6 is 0 Å². The predicted octanol–water partition coefficient (Wildman–Crippen LogP) is 1.62. The van der Waals surface area contributed by atoms with Crippen LogP contribution in [0.3, 0.4) is 0 Å². The third-order valence-corrected chi connectivity index (χ3v) is 3.64. The monoisotopic (exact) mass is 237 g/mol. The number of amides is 1. The van der Waals surface area contributed by atoms with Crippen LogP contribution in [0.4, 0.5) is 5.88 Å². The Bertz CT molecular complexity index is 419. The SMILES string of the molecule is Cc1noc(NC(=O)C2(C)CCNCC2)c1C. The summed E-state index contributed by atoms with van der Waals surface area (Å²) in [6.45, 7) is 7.53. The summed E-state index contributed by atoms with van der Waals surface area (Å²) in [5.41, 5.74) is 1.41. The van der Waals surface area contributed by atoms with Crippen molar-refractivity contribution in [3.05, 3.63) is 11.3 Å². The summed E-state index contributed by atoms with van der Waals surface area (Å²) >= 11 is 0. The molecule has 0 radical (unpaired) electrons. The quantitative estimate of drug-likeness (QED) is 0.820. The number of hydrogen-bond donors (Lipinski definition) is 2. The van der Waals surface area contributed by atoms with Gasteiger partial charge in [-0.3, -0.25) is 10.1 Å². The average molecular weight is 237 g/mol. The van der Waals surface area contributed by atoms with Crippen LogP contribution in [0, 0.1) is 19.3 Å². The number of carbonyl (C=O) groups excluding carboxylic acids is 1. The van der Waals surface area contributed by atoms with Gasteiger partial charge in [-0.15, -0.1) is 0 Å². The second-order valence-corrected chi connectivity index (χ2v) is 4.99. The number of nitrogens with zero attached hydrogens (tertiary/aromatic N) is 1. The number of anilines is 1. The van der Waals surface area contributed by atoms with Gasteiger partial charge in [0, 0.05) is 11.0 Å². The molecule has 0 aromatic carbocycles. The number of nitrogens with one attached hydrogen (secondary N) is 2. The number of piperidine rings is 1. The van der Waals surface area contributed by atoms with E-state index in [2.05, 4.69) is 15.8 Å². The molecule has 1 fully saturated rings. The third kappa shape index (κ3) is 2.34. The number of carbonyl (C=O) groups is 1. The topological polar surface area (TPSA) is 67.2 Å². The summed E-state index contributed by atoms with van der Waals surface area (Å²) in [5, 5.41) is 9.94. The zero-order valence-electron chi connectivity index (χ0n) is 10.6. The first-order chi connectivity index (χ1) is 8.03. The van der Waals surface area contributed by atoms with Crippen molar-refractivity contribution in [2.24, 2.45) is 5.41 Å². The van der Waals surface area contributed by atoms with Gasteiger partial charge in [-0.1, -0.05) is 12.1 Å². The van der Waals surface area contributed by atoms with Crippen LogP contribution in [0.5, 0.6) is 0 Å². The largest absolute Gasteiger partial charge is 0.338 e. The summed E-state index contributed by atoms with van der Waals surface area (Å²) < 4.78 is 5.10. The van der Waals surface area contributed by atoms with Gasteiger partial charge in [-0.05, 0) is 39.8 Å². The Morgan fingerprint density at radius 1 is 1.41 bits per heavy atom. The third-order valence-electron chi connectivity index (χ3n) is 3.64. The fraction of sp³-hybridized carbons (Fsp3) is 0.667. The Hall–Kier alpha value is -1.36. The van der Waals surface area contributed by atoms with Crippen LogP contribution in [0.1, 0.15) is 31.0 Å². The van der Waals surface area contributed by atoms with Crippen LogP contribution in [-0.4, -0.2) is 24.2 Å². The highest BCUT2D eigenvalue weighted by atomic mass is 16.5. The lowest BCUT2D eigenvalue weighted by molar-refractivity contribution is -0.126. The summed E-state index contributed by atoms with van der Waals surface area (Å²) in [4.78, 5) is 12.2. The molecule has 0 bridgehead atoms. The van der Waals surface area contributed by atoms with Gasteiger partial charge in [-0.2, -0.15) is 0 Å². The second-order valence-electron chi connectivity index (χ2n) is 4.99.